The summed E-state index contributed by atoms with van der Waals surface area (Å²) in [7, 11) is 0. The molecule has 0 saturated heterocycles. The van der Waals surface area contributed by atoms with Crippen molar-refractivity contribution in [3.8, 4) is 0 Å². The van der Waals surface area contributed by atoms with Crippen molar-refractivity contribution in [3.63, 3.8) is 0 Å². The summed E-state index contributed by atoms with van der Waals surface area (Å²) in [5, 5.41) is 0.764. The maximum Gasteiger partial charge on any atom is 0.417 e. The number of pyridine rings is 2. The molecule has 6 nitrogen and oxygen atoms in total. The van der Waals surface area contributed by atoms with Gasteiger partial charge >= 0.3 is 6.18 Å². The van der Waals surface area contributed by atoms with Gasteiger partial charge in [0.1, 0.15) is 5.82 Å². The predicted molar refractivity (Wildman–Crippen MR) is 129 cm³/mol. The fraction of sp³-hybridized carbons (Fsp3) is 0.222. The van der Waals surface area contributed by atoms with Crippen LogP contribution < -0.4 is 5.73 Å². The van der Waals surface area contributed by atoms with Crippen LogP contribution in [0.15, 0.2) is 66.9 Å². The molecule has 1 aliphatic heterocycles. The van der Waals surface area contributed by atoms with Crippen LogP contribution in [0.4, 0.5) is 19.0 Å². The summed E-state index contributed by atoms with van der Waals surface area (Å²) in [6.45, 7) is 2.54. The molecular weight excluding hydrogens is 469 g/mol. The van der Waals surface area contributed by atoms with Gasteiger partial charge in [0.05, 0.1) is 42.6 Å². The van der Waals surface area contributed by atoms with Crippen molar-refractivity contribution < 1.29 is 22.7 Å². The van der Waals surface area contributed by atoms with Gasteiger partial charge in [-0.2, -0.15) is 13.2 Å². The van der Waals surface area contributed by atoms with Crippen molar-refractivity contribution >= 4 is 22.6 Å². The highest BCUT2D eigenvalue weighted by molar-refractivity contribution is 5.98. The number of aryl methyl sites for hydroxylation is 1. The molecule has 1 aliphatic rings. The molecule has 0 fully saturated rings. The lowest BCUT2D eigenvalue weighted by molar-refractivity contribution is -0.137. The Morgan fingerprint density at radius 2 is 1.94 bits per heavy atom. The second kappa shape index (κ2) is 9.23. The highest BCUT2D eigenvalue weighted by Crippen LogP contribution is 2.33. The lowest BCUT2D eigenvalue weighted by Crippen LogP contribution is -2.39. The number of rotatable bonds is 4. The number of amides is 1. The van der Waals surface area contributed by atoms with Gasteiger partial charge in [0.25, 0.3) is 5.91 Å². The summed E-state index contributed by atoms with van der Waals surface area (Å²) in [4.78, 5) is 23.9. The van der Waals surface area contributed by atoms with Crippen LogP contribution in [0.3, 0.4) is 0 Å². The van der Waals surface area contributed by atoms with E-state index in [1.54, 1.807) is 23.1 Å². The van der Waals surface area contributed by atoms with Gasteiger partial charge in [-0.15, -0.1) is 0 Å². The Hall–Kier alpha value is -3.98. The van der Waals surface area contributed by atoms with Gasteiger partial charge in [0, 0.05) is 17.1 Å². The number of nitrogens with zero attached hydrogens (tertiary/aromatic N) is 3. The molecule has 9 heteroatoms. The molecule has 2 aromatic carbocycles. The number of benzene rings is 2. The lowest BCUT2D eigenvalue weighted by Gasteiger charge is -2.35. The minimum Gasteiger partial charge on any atom is -0.383 e. The Bertz CT molecular complexity index is 1440. The summed E-state index contributed by atoms with van der Waals surface area (Å²) in [5.74, 6) is 0.130. The molecular formula is C27H23F3N4O2. The molecule has 1 amide bonds. The molecule has 0 unspecified atom stereocenters. The predicted octanol–water partition coefficient (Wildman–Crippen LogP) is 5.45. The summed E-state index contributed by atoms with van der Waals surface area (Å²) in [5.41, 5.74) is 9.20. The first kappa shape index (κ1) is 23.7. The quantitative estimate of drug-likeness (QED) is 0.410. The second-order valence-electron chi connectivity index (χ2n) is 8.80. The number of halogens is 3. The van der Waals surface area contributed by atoms with Gasteiger partial charge in [-0.05, 0) is 60.0 Å². The fourth-order valence-electron chi connectivity index (χ4n) is 4.40. The fourth-order valence-corrected chi connectivity index (χ4v) is 4.40. The van der Waals surface area contributed by atoms with Gasteiger partial charge in [-0.3, -0.25) is 9.78 Å². The van der Waals surface area contributed by atoms with E-state index < -0.39 is 17.8 Å². The van der Waals surface area contributed by atoms with Gasteiger partial charge in [0.15, 0.2) is 0 Å². The topological polar surface area (TPSA) is 81.3 Å². The third-order valence-corrected chi connectivity index (χ3v) is 6.36. The van der Waals surface area contributed by atoms with Crippen LogP contribution in [-0.2, 0) is 24.1 Å². The first-order valence-electron chi connectivity index (χ1n) is 11.4. The largest absolute Gasteiger partial charge is 0.417 e. The highest BCUT2D eigenvalue weighted by atomic mass is 19.4. The smallest absolute Gasteiger partial charge is 0.383 e. The summed E-state index contributed by atoms with van der Waals surface area (Å²) >= 11 is 0. The zero-order chi connectivity index (χ0) is 25.4. The van der Waals surface area contributed by atoms with Crippen molar-refractivity contribution in [2.45, 2.75) is 32.3 Å². The first-order chi connectivity index (χ1) is 17.2. The van der Waals surface area contributed by atoms with Crippen LogP contribution in [0.5, 0.6) is 0 Å². The molecule has 36 heavy (non-hydrogen) atoms. The van der Waals surface area contributed by atoms with Crippen LogP contribution in [0.25, 0.3) is 10.9 Å². The van der Waals surface area contributed by atoms with Crippen LogP contribution in [-0.4, -0.2) is 27.4 Å². The minimum absolute atomic E-state index is 0.0103. The van der Waals surface area contributed by atoms with Crippen molar-refractivity contribution in [3.05, 3.63) is 100 Å². The Morgan fingerprint density at radius 3 is 2.69 bits per heavy atom. The van der Waals surface area contributed by atoms with Crippen molar-refractivity contribution in [1.82, 2.24) is 14.9 Å². The maximum absolute atomic E-state index is 13.9. The molecule has 1 atom stereocenters. The maximum atomic E-state index is 13.9. The summed E-state index contributed by atoms with van der Waals surface area (Å²) < 4.78 is 44.9. The summed E-state index contributed by atoms with van der Waals surface area (Å²) in [6, 6.07) is 16.6. The molecule has 2 aromatic heterocycles. The second-order valence-corrected chi connectivity index (χ2v) is 8.80. The molecule has 184 valence electrons. The van der Waals surface area contributed by atoms with E-state index in [1.807, 2.05) is 37.3 Å². The number of aromatic nitrogens is 2. The van der Waals surface area contributed by atoms with E-state index in [9.17, 15) is 18.0 Å². The van der Waals surface area contributed by atoms with Crippen LogP contribution in [0.1, 0.15) is 44.3 Å². The van der Waals surface area contributed by atoms with Gasteiger partial charge in [0.2, 0.25) is 0 Å². The van der Waals surface area contributed by atoms with E-state index >= 15 is 0 Å². The SMILES string of the molecule is Cc1cc2cc(C(=O)N(Cc3ccc(C(F)(F)F)cn3)[C@@H]3COCc4ccccc43)ccc2nc1N. The highest BCUT2D eigenvalue weighted by Gasteiger charge is 2.33. The number of hydrogen-bond donors (Lipinski definition) is 1. The molecule has 0 bridgehead atoms. The number of ether oxygens (including phenoxy) is 1. The number of alkyl halides is 3. The number of anilines is 1. The van der Waals surface area contributed by atoms with Crippen LogP contribution >= 0.6 is 0 Å². The average Bonchev–Trinajstić information content (AvgIpc) is 2.87. The lowest BCUT2D eigenvalue weighted by atomic mass is 9.96. The van der Waals surface area contributed by atoms with Gasteiger partial charge in [-0.25, -0.2) is 4.98 Å². The molecule has 0 aliphatic carbocycles. The van der Waals surface area contributed by atoms with E-state index in [-0.39, 0.29) is 19.1 Å². The monoisotopic (exact) mass is 492 g/mol. The zero-order valence-corrected chi connectivity index (χ0v) is 19.4. The minimum atomic E-state index is -4.49. The van der Waals surface area contributed by atoms with Crippen molar-refractivity contribution in [2.75, 3.05) is 12.3 Å². The summed E-state index contributed by atoms with van der Waals surface area (Å²) in [6.07, 6.45) is -3.70. The standard InChI is InChI=1S/C27H23F3N4O2/c1-16-10-19-11-17(6-9-23(19)33-25(16)31)26(35)34(13-21-8-7-20(12-32-21)27(28,29)30)24-15-36-14-18-4-2-3-5-22(18)24/h2-12,24H,13-15H2,1H3,(H2,31,33)/t24-/m1/s1. The number of nitrogen functional groups attached to an aromatic ring is 1. The van der Waals surface area contributed by atoms with E-state index in [1.165, 1.54) is 6.07 Å². The normalized spacial score (nSPS) is 15.5. The van der Waals surface area contributed by atoms with E-state index in [4.69, 9.17) is 10.5 Å². The number of carbonyl (C=O) groups is 1. The molecule has 3 heterocycles. The van der Waals surface area contributed by atoms with E-state index in [0.717, 1.165) is 34.3 Å². The van der Waals surface area contributed by atoms with Crippen molar-refractivity contribution in [2.24, 2.45) is 0 Å². The third kappa shape index (κ3) is 4.61. The van der Waals surface area contributed by atoms with Gasteiger partial charge in [-0.1, -0.05) is 24.3 Å². The Balaban J connectivity index is 1.54. The molecule has 0 spiro atoms. The Kier molecular flexibility index (Phi) is 6.09. The van der Waals surface area contributed by atoms with Crippen LogP contribution in [0.2, 0.25) is 0 Å². The number of nitrogens with two attached hydrogens (primary N) is 1. The Morgan fingerprint density at radius 1 is 1.14 bits per heavy atom. The molecule has 0 saturated carbocycles. The van der Waals surface area contributed by atoms with Crippen molar-refractivity contribution in [1.29, 1.82) is 0 Å². The van der Waals surface area contributed by atoms with E-state index in [2.05, 4.69) is 9.97 Å². The molecule has 5 rings (SSSR count). The molecule has 2 N–H and O–H groups in total. The average molecular weight is 493 g/mol. The number of hydrogen-bond acceptors (Lipinski definition) is 5. The molecule has 4 aromatic rings. The number of fused-ring (bicyclic) bond motifs is 2. The first-order valence-corrected chi connectivity index (χ1v) is 11.4. The number of carbonyl (C=O) groups excluding carboxylic acids is 1. The van der Waals surface area contributed by atoms with Crippen LogP contribution in [0, 0.1) is 6.92 Å². The Labute approximate surface area is 205 Å². The third-order valence-electron chi connectivity index (χ3n) is 6.36. The van der Waals surface area contributed by atoms with Gasteiger partial charge < -0.3 is 15.4 Å². The zero-order valence-electron chi connectivity index (χ0n) is 19.4. The van der Waals surface area contributed by atoms with E-state index in [0.29, 0.717) is 29.2 Å². The molecule has 0 radical (unpaired) electrons.